The average Bonchev–Trinajstić information content (AvgIpc) is 2.90. The van der Waals surface area contributed by atoms with E-state index in [0.29, 0.717) is 41.1 Å². The maximum absolute atomic E-state index is 13.1. The molecule has 0 atom stereocenters. The van der Waals surface area contributed by atoms with E-state index in [1.54, 1.807) is 36.2 Å². The van der Waals surface area contributed by atoms with Crippen LogP contribution in [0.4, 0.5) is 11.4 Å². The molecular formula is C29H40N4O4. The number of hydrogen-bond acceptors (Lipinski definition) is 6. The number of anilines is 2. The summed E-state index contributed by atoms with van der Waals surface area (Å²) in [7, 11) is 7.43. The molecule has 2 N–H and O–H groups in total. The minimum Gasteiger partial charge on any atom is -0.495 e. The van der Waals surface area contributed by atoms with Crippen LogP contribution >= 0.6 is 0 Å². The van der Waals surface area contributed by atoms with Crippen LogP contribution in [0.5, 0.6) is 11.5 Å². The Morgan fingerprint density at radius 3 is 2.49 bits per heavy atom. The third-order valence-corrected chi connectivity index (χ3v) is 6.80. The molecule has 3 rings (SSSR count). The number of nitrogens with zero attached hydrogens (tertiary/aromatic N) is 3. The van der Waals surface area contributed by atoms with E-state index < -0.39 is 0 Å². The fourth-order valence-electron chi connectivity index (χ4n) is 4.44. The highest BCUT2D eigenvalue weighted by molar-refractivity contribution is 6.07. The van der Waals surface area contributed by atoms with Gasteiger partial charge in [-0.15, -0.1) is 0 Å². The molecule has 1 saturated heterocycles. The lowest BCUT2D eigenvalue weighted by Crippen LogP contribution is -2.43. The van der Waals surface area contributed by atoms with Crippen molar-refractivity contribution in [1.29, 1.82) is 0 Å². The van der Waals surface area contributed by atoms with E-state index in [1.165, 1.54) is 7.11 Å². The summed E-state index contributed by atoms with van der Waals surface area (Å²) >= 11 is 0. The van der Waals surface area contributed by atoms with E-state index in [9.17, 15) is 9.59 Å². The number of methoxy groups -OCH3 is 1. The third kappa shape index (κ3) is 7.49. The molecular weight excluding hydrogens is 468 g/mol. The van der Waals surface area contributed by atoms with Crippen molar-refractivity contribution in [3.05, 3.63) is 59.7 Å². The number of unbranched alkanes of at least 4 members (excludes halogenated alkanes) is 1. The number of hydrogen-bond donors (Lipinski definition) is 1. The molecule has 1 aliphatic rings. The van der Waals surface area contributed by atoms with Crippen molar-refractivity contribution in [3.8, 4) is 11.5 Å². The van der Waals surface area contributed by atoms with Crippen molar-refractivity contribution in [3.63, 3.8) is 0 Å². The maximum atomic E-state index is 13.1. The second-order valence-electron chi connectivity index (χ2n) is 9.71. The Morgan fingerprint density at radius 2 is 1.81 bits per heavy atom. The van der Waals surface area contributed by atoms with Gasteiger partial charge in [0, 0.05) is 31.7 Å². The Kier molecular flexibility index (Phi) is 9.97. The molecule has 0 unspecified atom stereocenters. The number of ether oxygens (including phenoxy) is 2. The number of nitrogens with two attached hydrogens (primary N) is 1. The SMILES string of the molecule is COc1cc(C(=O)N(C)c2ccc(C)cc2OCCC/C=C/C(=O)N2CCC(N(C)C)CC2)ccc1N. The number of aryl methyl sites for hydroxylation is 1. The molecule has 8 nitrogen and oxygen atoms in total. The van der Waals surface area contributed by atoms with E-state index in [-0.39, 0.29) is 11.8 Å². The van der Waals surface area contributed by atoms with E-state index in [1.807, 2.05) is 36.1 Å². The first kappa shape index (κ1) is 28.1. The van der Waals surface area contributed by atoms with Gasteiger partial charge in [0.15, 0.2) is 0 Å². The molecule has 0 spiro atoms. The van der Waals surface area contributed by atoms with Crippen LogP contribution < -0.4 is 20.1 Å². The van der Waals surface area contributed by atoms with Crippen LogP contribution in [0.15, 0.2) is 48.6 Å². The van der Waals surface area contributed by atoms with Gasteiger partial charge in [0.2, 0.25) is 5.91 Å². The van der Waals surface area contributed by atoms with Gasteiger partial charge in [0.05, 0.1) is 25.1 Å². The van der Waals surface area contributed by atoms with Crippen molar-refractivity contribution in [2.24, 2.45) is 0 Å². The molecule has 1 fully saturated rings. The van der Waals surface area contributed by atoms with Gasteiger partial charge in [0.1, 0.15) is 11.5 Å². The smallest absolute Gasteiger partial charge is 0.258 e. The van der Waals surface area contributed by atoms with Gasteiger partial charge >= 0.3 is 0 Å². The van der Waals surface area contributed by atoms with Crippen LogP contribution in [0.1, 0.15) is 41.6 Å². The van der Waals surface area contributed by atoms with Gasteiger partial charge in [-0.1, -0.05) is 12.1 Å². The van der Waals surface area contributed by atoms with Gasteiger partial charge in [-0.3, -0.25) is 9.59 Å². The van der Waals surface area contributed by atoms with E-state index in [2.05, 4.69) is 19.0 Å². The van der Waals surface area contributed by atoms with E-state index in [0.717, 1.165) is 44.3 Å². The van der Waals surface area contributed by atoms with Crippen LogP contribution in [0.3, 0.4) is 0 Å². The molecule has 0 saturated carbocycles. The van der Waals surface area contributed by atoms with Crippen LogP contribution in [0.2, 0.25) is 0 Å². The third-order valence-electron chi connectivity index (χ3n) is 6.80. The Hall–Kier alpha value is -3.52. The molecule has 1 heterocycles. The molecule has 8 heteroatoms. The molecule has 2 aromatic carbocycles. The van der Waals surface area contributed by atoms with Crippen molar-refractivity contribution in [1.82, 2.24) is 9.80 Å². The van der Waals surface area contributed by atoms with Crippen LogP contribution in [-0.2, 0) is 4.79 Å². The number of rotatable bonds is 10. The summed E-state index contributed by atoms with van der Waals surface area (Å²) < 4.78 is 11.3. The highest BCUT2D eigenvalue weighted by Crippen LogP contribution is 2.31. The summed E-state index contributed by atoms with van der Waals surface area (Å²) in [6, 6.07) is 11.3. The zero-order valence-electron chi connectivity index (χ0n) is 22.7. The molecule has 0 bridgehead atoms. The summed E-state index contributed by atoms with van der Waals surface area (Å²) in [6.45, 7) is 4.07. The molecule has 0 aliphatic carbocycles. The number of allylic oxidation sites excluding steroid dienone is 1. The Morgan fingerprint density at radius 1 is 1.08 bits per heavy atom. The Bertz CT molecular complexity index is 1110. The summed E-state index contributed by atoms with van der Waals surface area (Å²) in [5, 5.41) is 0. The molecule has 0 aromatic heterocycles. The predicted octanol–water partition coefficient (Wildman–Crippen LogP) is 4.13. The predicted molar refractivity (Wildman–Crippen MR) is 148 cm³/mol. The first-order valence-corrected chi connectivity index (χ1v) is 12.8. The second-order valence-corrected chi connectivity index (χ2v) is 9.71. The van der Waals surface area contributed by atoms with Crippen molar-refractivity contribution < 1.29 is 19.1 Å². The van der Waals surface area contributed by atoms with E-state index >= 15 is 0 Å². The second kappa shape index (κ2) is 13.1. The Balaban J connectivity index is 1.53. The lowest BCUT2D eigenvalue weighted by Gasteiger charge is -2.34. The fourth-order valence-corrected chi connectivity index (χ4v) is 4.44. The number of piperidine rings is 1. The van der Waals surface area contributed by atoms with Gasteiger partial charge in [0.25, 0.3) is 5.91 Å². The number of amides is 2. The van der Waals surface area contributed by atoms with Gasteiger partial charge in [-0.25, -0.2) is 0 Å². The largest absolute Gasteiger partial charge is 0.495 e. The monoisotopic (exact) mass is 508 g/mol. The number of carbonyl (C=O) groups is 2. The number of benzene rings is 2. The van der Waals surface area contributed by atoms with Crippen molar-refractivity contribution in [2.75, 3.05) is 58.6 Å². The van der Waals surface area contributed by atoms with Gasteiger partial charge in [-0.2, -0.15) is 0 Å². The van der Waals surface area contributed by atoms with Gasteiger partial charge < -0.3 is 29.9 Å². The van der Waals surface area contributed by atoms with Crippen molar-refractivity contribution >= 4 is 23.2 Å². The highest BCUT2D eigenvalue weighted by Gasteiger charge is 2.22. The summed E-state index contributed by atoms with van der Waals surface area (Å²) in [5.41, 5.74) is 8.56. The zero-order chi connectivity index (χ0) is 26.9. The normalized spacial score (nSPS) is 14.3. The topological polar surface area (TPSA) is 88.3 Å². The maximum Gasteiger partial charge on any atom is 0.258 e. The number of likely N-dealkylation sites (tertiary alicyclic amines) is 1. The number of nitrogen functional groups attached to an aromatic ring is 1. The minimum atomic E-state index is -0.192. The molecule has 37 heavy (non-hydrogen) atoms. The van der Waals surface area contributed by atoms with Crippen molar-refractivity contribution in [2.45, 2.75) is 38.6 Å². The zero-order valence-corrected chi connectivity index (χ0v) is 22.7. The molecule has 200 valence electrons. The van der Waals surface area contributed by atoms with E-state index in [4.69, 9.17) is 15.2 Å². The summed E-state index contributed by atoms with van der Waals surface area (Å²) in [4.78, 5) is 31.3. The highest BCUT2D eigenvalue weighted by atomic mass is 16.5. The Labute approximate surface area is 220 Å². The van der Waals surface area contributed by atoms with Crippen LogP contribution in [0, 0.1) is 6.92 Å². The average molecular weight is 509 g/mol. The van der Waals surface area contributed by atoms with Crippen LogP contribution in [-0.4, -0.2) is 75.6 Å². The first-order valence-electron chi connectivity index (χ1n) is 12.8. The molecule has 0 radical (unpaired) electrons. The summed E-state index contributed by atoms with van der Waals surface area (Å²) in [6.07, 6.45) is 7.13. The molecule has 1 aliphatic heterocycles. The van der Waals surface area contributed by atoms with Crippen LogP contribution in [0.25, 0.3) is 0 Å². The minimum absolute atomic E-state index is 0.0820. The van der Waals surface area contributed by atoms with Gasteiger partial charge in [-0.05, 0) is 88.7 Å². The number of carbonyl (C=O) groups excluding carboxylic acids is 2. The molecule has 2 amide bonds. The lowest BCUT2D eigenvalue weighted by molar-refractivity contribution is -0.127. The lowest BCUT2D eigenvalue weighted by atomic mass is 10.0. The fraction of sp³-hybridized carbons (Fsp3) is 0.448. The quantitative estimate of drug-likeness (QED) is 0.295. The molecule has 2 aromatic rings. The summed E-state index contributed by atoms with van der Waals surface area (Å²) in [5.74, 6) is 0.993. The first-order chi connectivity index (χ1) is 17.7. The standard InChI is InChI=1S/C29H40N4O4/c1-21-10-13-25(32(4)29(35)22-11-12-24(30)26(20-22)36-5)27(19-21)37-18-8-6-7-9-28(34)33-16-14-23(15-17-33)31(2)3/h7,9-13,19-20,23H,6,8,14-18,30H2,1-5H3/b9-7+.